The summed E-state index contributed by atoms with van der Waals surface area (Å²) in [5.74, 6) is -0.676. The molecule has 0 fully saturated rings. The number of anilines is 3. The summed E-state index contributed by atoms with van der Waals surface area (Å²) in [6.07, 6.45) is 1.15. The van der Waals surface area contributed by atoms with Gasteiger partial charge < -0.3 is 5.32 Å². The van der Waals surface area contributed by atoms with Crippen molar-refractivity contribution in [2.45, 2.75) is 6.92 Å². The second-order valence-corrected chi connectivity index (χ2v) is 7.33. The zero-order valence-electron chi connectivity index (χ0n) is 18.5. The van der Waals surface area contributed by atoms with Crippen molar-refractivity contribution in [2.24, 2.45) is 10.2 Å². The summed E-state index contributed by atoms with van der Waals surface area (Å²) < 4.78 is 0. The van der Waals surface area contributed by atoms with Gasteiger partial charge >= 0.3 is 5.69 Å². The number of hydrazine groups is 1. The van der Waals surface area contributed by atoms with Crippen molar-refractivity contribution >= 4 is 40.3 Å². The molecule has 0 radical (unpaired) electrons. The monoisotopic (exact) mass is 468 g/mol. The Labute approximate surface area is 200 Å². The number of benzene rings is 3. The molecule has 0 atom stereocenters. The number of nitrogens with zero attached hydrogens (tertiary/aromatic N) is 5. The molecule has 0 saturated carbocycles. The van der Waals surface area contributed by atoms with Gasteiger partial charge in [0, 0.05) is 11.3 Å². The summed E-state index contributed by atoms with van der Waals surface area (Å²) in [6.45, 7) is 1.90. The summed E-state index contributed by atoms with van der Waals surface area (Å²) in [5.41, 5.74) is 7.78. The fraction of sp³-hybridized carbons (Fsp3) is 0.0417. The quantitative estimate of drug-likeness (QED) is 0.173. The topological polar surface area (TPSA) is 147 Å². The third-order valence-electron chi connectivity index (χ3n) is 4.78. The number of hydrogen-bond acceptors (Lipinski definition) is 9. The van der Waals surface area contributed by atoms with Gasteiger partial charge in [-0.05, 0) is 55.5 Å². The Morgan fingerprint density at radius 3 is 2.14 bits per heavy atom. The Kier molecular flexibility index (Phi) is 6.97. The standard InChI is InChI=1S/C24H20N8O3/c1-16-7-9-17(10-8-16)24(33)31-30-23-21(32(34)35)22(25-15-26-23)27-18-11-13-20(14-12-18)29-28-19-5-3-2-4-6-19/h2-15H,1H3,(H,31,33)(H2,25,26,27,30). The van der Waals surface area contributed by atoms with E-state index in [9.17, 15) is 14.9 Å². The molecule has 0 aliphatic heterocycles. The van der Waals surface area contributed by atoms with Crippen LogP contribution in [0.25, 0.3) is 0 Å². The van der Waals surface area contributed by atoms with Crippen molar-refractivity contribution in [1.82, 2.24) is 15.4 Å². The van der Waals surface area contributed by atoms with Crippen LogP contribution in [0.4, 0.5) is 34.4 Å². The third kappa shape index (κ3) is 5.99. The van der Waals surface area contributed by atoms with Crippen LogP contribution in [0.15, 0.2) is 95.4 Å². The van der Waals surface area contributed by atoms with Gasteiger partial charge in [-0.1, -0.05) is 35.9 Å². The number of amides is 1. The van der Waals surface area contributed by atoms with Gasteiger partial charge in [0.15, 0.2) is 0 Å². The molecule has 1 aromatic heterocycles. The molecule has 3 N–H and O–H groups in total. The SMILES string of the molecule is Cc1ccc(C(=O)NNc2ncnc(Nc3ccc(N=Nc4ccccc4)cc3)c2[N+](=O)[O-])cc1. The second-order valence-electron chi connectivity index (χ2n) is 7.33. The predicted molar refractivity (Wildman–Crippen MR) is 131 cm³/mol. The van der Waals surface area contributed by atoms with Crippen LogP contribution in [0.2, 0.25) is 0 Å². The van der Waals surface area contributed by atoms with Gasteiger partial charge in [0.05, 0.1) is 16.3 Å². The highest BCUT2D eigenvalue weighted by atomic mass is 16.6. The average molecular weight is 468 g/mol. The van der Waals surface area contributed by atoms with Crippen LogP contribution in [-0.4, -0.2) is 20.8 Å². The van der Waals surface area contributed by atoms with Crippen LogP contribution >= 0.6 is 0 Å². The zero-order chi connectivity index (χ0) is 24.6. The van der Waals surface area contributed by atoms with Gasteiger partial charge in [-0.25, -0.2) is 9.97 Å². The van der Waals surface area contributed by atoms with E-state index in [2.05, 4.69) is 36.4 Å². The highest BCUT2D eigenvalue weighted by Gasteiger charge is 2.23. The Balaban J connectivity index is 1.47. The van der Waals surface area contributed by atoms with Crippen LogP contribution < -0.4 is 16.2 Å². The Morgan fingerprint density at radius 2 is 1.49 bits per heavy atom. The van der Waals surface area contributed by atoms with Gasteiger partial charge in [0.2, 0.25) is 11.6 Å². The summed E-state index contributed by atoms with van der Waals surface area (Å²) in [7, 11) is 0. The lowest BCUT2D eigenvalue weighted by atomic mass is 10.1. The summed E-state index contributed by atoms with van der Waals surface area (Å²) >= 11 is 0. The first-order chi connectivity index (χ1) is 17.0. The predicted octanol–water partition coefficient (Wildman–Crippen LogP) is 5.61. The lowest BCUT2D eigenvalue weighted by molar-refractivity contribution is -0.383. The van der Waals surface area contributed by atoms with Gasteiger partial charge in [0.1, 0.15) is 6.33 Å². The molecule has 0 aliphatic carbocycles. The highest BCUT2D eigenvalue weighted by molar-refractivity contribution is 5.95. The number of aromatic nitrogens is 2. The van der Waals surface area contributed by atoms with E-state index < -0.39 is 16.5 Å². The van der Waals surface area contributed by atoms with Crippen LogP contribution in [0.5, 0.6) is 0 Å². The van der Waals surface area contributed by atoms with E-state index in [1.807, 2.05) is 37.3 Å². The maximum absolute atomic E-state index is 12.3. The van der Waals surface area contributed by atoms with Gasteiger partial charge in [-0.2, -0.15) is 10.2 Å². The summed E-state index contributed by atoms with van der Waals surface area (Å²) in [4.78, 5) is 31.4. The largest absolute Gasteiger partial charge is 0.355 e. The van der Waals surface area contributed by atoms with E-state index >= 15 is 0 Å². The number of azo groups is 1. The number of carbonyl (C=O) groups excluding carboxylic acids is 1. The maximum Gasteiger partial charge on any atom is 0.355 e. The van der Waals surface area contributed by atoms with E-state index in [0.717, 1.165) is 17.6 Å². The fourth-order valence-corrected chi connectivity index (χ4v) is 2.99. The smallest absolute Gasteiger partial charge is 0.334 e. The molecule has 3 aromatic carbocycles. The molecular weight excluding hydrogens is 448 g/mol. The molecule has 11 heteroatoms. The molecule has 35 heavy (non-hydrogen) atoms. The van der Waals surface area contributed by atoms with Gasteiger partial charge in [0.25, 0.3) is 5.91 Å². The van der Waals surface area contributed by atoms with E-state index in [0.29, 0.717) is 16.9 Å². The molecule has 0 aliphatic rings. The van der Waals surface area contributed by atoms with E-state index in [1.165, 1.54) is 0 Å². The Hall–Kier alpha value is -5.19. The molecule has 0 spiro atoms. The molecular formula is C24H20N8O3. The van der Waals surface area contributed by atoms with Crippen molar-refractivity contribution in [2.75, 3.05) is 10.7 Å². The minimum absolute atomic E-state index is 0.0456. The molecule has 1 heterocycles. The zero-order valence-corrected chi connectivity index (χ0v) is 18.5. The molecule has 1 amide bonds. The van der Waals surface area contributed by atoms with Crippen molar-refractivity contribution < 1.29 is 9.72 Å². The molecule has 0 bridgehead atoms. The third-order valence-corrected chi connectivity index (χ3v) is 4.78. The lowest BCUT2D eigenvalue weighted by Crippen LogP contribution is -2.30. The van der Waals surface area contributed by atoms with E-state index in [4.69, 9.17) is 0 Å². The Bertz CT molecular complexity index is 1360. The van der Waals surface area contributed by atoms with Crippen LogP contribution in [0, 0.1) is 17.0 Å². The molecule has 4 aromatic rings. The molecule has 4 rings (SSSR count). The highest BCUT2D eigenvalue weighted by Crippen LogP contribution is 2.31. The van der Waals surface area contributed by atoms with Crippen molar-refractivity contribution in [1.29, 1.82) is 0 Å². The van der Waals surface area contributed by atoms with Gasteiger partial charge in [-0.3, -0.25) is 25.8 Å². The average Bonchev–Trinajstić information content (AvgIpc) is 2.88. The molecule has 174 valence electrons. The molecule has 0 unspecified atom stereocenters. The van der Waals surface area contributed by atoms with E-state index in [1.54, 1.807) is 48.5 Å². The fourth-order valence-electron chi connectivity index (χ4n) is 2.99. The number of hydrogen-bond donors (Lipinski definition) is 3. The molecule has 0 saturated heterocycles. The molecule has 11 nitrogen and oxygen atoms in total. The van der Waals surface area contributed by atoms with Crippen LogP contribution in [-0.2, 0) is 0 Å². The number of rotatable bonds is 8. The van der Waals surface area contributed by atoms with Crippen molar-refractivity contribution in [3.63, 3.8) is 0 Å². The number of carbonyl (C=O) groups is 1. The maximum atomic E-state index is 12.3. The summed E-state index contributed by atoms with van der Waals surface area (Å²) in [5, 5.41) is 23.0. The van der Waals surface area contributed by atoms with Crippen molar-refractivity contribution in [3.8, 4) is 0 Å². The van der Waals surface area contributed by atoms with E-state index in [-0.39, 0.29) is 11.6 Å². The number of nitro groups is 1. The van der Waals surface area contributed by atoms with Gasteiger partial charge in [-0.15, -0.1) is 0 Å². The minimum Gasteiger partial charge on any atom is -0.334 e. The second kappa shape index (κ2) is 10.6. The minimum atomic E-state index is -0.634. The number of nitrogens with one attached hydrogen (secondary N) is 3. The lowest BCUT2D eigenvalue weighted by Gasteiger charge is -2.11. The normalized spacial score (nSPS) is 10.7. The number of aryl methyl sites for hydroxylation is 1. The first-order valence-electron chi connectivity index (χ1n) is 10.5. The van der Waals surface area contributed by atoms with Crippen LogP contribution in [0.1, 0.15) is 15.9 Å². The van der Waals surface area contributed by atoms with Crippen LogP contribution in [0.3, 0.4) is 0 Å². The Morgan fingerprint density at radius 1 is 0.857 bits per heavy atom. The first kappa shape index (κ1) is 23.0. The van der Waals surface area contributed by atoms with Crippen molar-refractivity contribution in [3.05, 3.63) is 106 Å². The first-order valence-corrected chi connectivity index (χ1v) is 10.5. The summed E-state index contributed by atoms with van der Waals surface area (Å²) in [6, 6.07) is 23.0.